The number of imide groups is 1. The van der Waals surface area contributed by atoms with Crippen molar-refractivity contribution >= 4 is 24.4 Å². The van der Waals surface area contributed by atoms with E-state index in [4.69, 9.17) is 0 Å². The minimum absolute atomic E-state index is 0.000972. The van der Waals surface area contributed by atoms with E-state index in [1.165, 1.54) is 0 Å². The Bertz CT molecular complexity index is 296. The maximum Gasteiger partial charge on any atom is 0.354 e. The van der Waals surface area contributed by atoms with Crippen LogP contribution in [0.2, 0.25) is 0 Å². The predicted molar refractivity (Wildman–Crippen MR) is 46.4 cm³/mol. The predicted octanol–water partition coefficient (Wildman–Crippen LogP) is -0.414. The number of likely N-dealkylation sites (tertiary alicyclic amines) is 1. The van der Waals surface area contributed by atoms with Crippen LogP contribution in [0.15, 0.2) is 0 Å². The Hall–Kier alpha value is -1.40. The van der Waals surface area contributed by atoms with E-state index >= 15 is 0 Å². The van der Waals surface area contributed by atoms with Gasteiger partial charge in [0.25, 0.3) is 0 Å². The van der Waals surface area contributed by atoms with Crippen molar-refractivity contribution in [2.75, 3.05) is 0 Å². The van der Waals surface area contributed by atoms with Crippen LogP contribution in [0.4, 0.5) is 0 Å². The Balaban J connectivity index is 2.89. The molecule has 1 saturated heterocycles. The van der Waals surface area contributed by atoms with Crippen molar-refractivity contribution in [3.05, 3.63) is 0 Å². The highest BCUT2D eigenvalue weighted by Crippen LogP contribution is 2.25. The van der Waals surface area contributed by atoms with Crippen molar-refractivity contribution in [3.63, 3.8) is 0 Å². The number of quaternary nitrogens is 1. The van der Waals surface area contributed by atoms with Crippen LogP contribution in [0.3, 0.4) is 0 Å². The van der Waals surface area contributed by atoms with Crippen LogP contribution in [0.1, 0.15) is 25.7 Å². The summed E-state index contributed by atoms with van der Waals surface area (Å²) in [6.07, 6.45) is 0.853. The highest BCUT2D eigenvalue weighted by atomic mass is 16.6. The Morgan fingerprint density at radius 2 is 1.80 bits per heavy atom. The van der Waals surface area contributed by atoms with E-state index in [9.17, 15) is 24.4 Å². The van der Waals surface area contributed by atoms with E-state index in [0.29, 0.717) is 12.6 Å². The molecule has 6 heteroatoms. The lowest BCUT2D eigenvalue weighted by atomic mass is 10.1. The summed E-state index contributed by atoms with van der Waals surface area (Å²) in [5.74, 6) is -1.36. The van der Waals surface area contributed by atoms with Gasteiger partial charge in [0.2, 0.25) is 0 Å². The molecule has 0 aliphatic carbocycles. The van der Waals surface area contributed by atoms with Gasteiger partial charge in [-0.2, -0.15) is 0 Å². The molecule has 1 unspecified atom stereocenters. The van der Waals surface area contributed by atoms with Gasteiger partial charge in [-0.1, -0.05) is 0 Å². The molecule has 0 aromatic heterocycles. The minimum Gasteiger partial charge on any atom is -0.303 e. The van der Waals surface area contributed by atoms with E-state index in [-0.39, 0.29) is 25.7 Å². The molecule has 0 aromatic carbocycles. The minimum atomic E-state index is -1.46. The molecule has 0 saturated carbocycles. The number of hydrogen-bond acceptors (Lipinski definition) is 5. The number of carbonyl (C=O) groups excluding carboxylic acids is 4. The second-order valence-corrected chi connectivity index (χ2v) is 3.42. The molecule has 6 nitrogen and oxygen atoms in total. The second kappa shape index (κ2) is 4.41. The van der Waals surface area contributed by atoms with Crippen LogP contribution in [0.5, 0.6) is 0 Å². The summed E-state index contributed by atoms with van der Waals surface area (Å²) in [5, 5.41) is 9.81. The third-order valence-electron chi connectivity index (χ3n) is 2.53. The zero-order valence-electron chi connectivity index (χ0n) is 8.09. The van der Waals surface area contributed by atoms with Gasteiger partial charge in [0.15, 0.2) is 12.3 Å². The lowest BCUT2D eigenvalue weighted by Gasteiger charge is -2.24. The topological polar surface area (TPSA) is 88.5 Å². The van der Waals surface area contributed by atoms with Gasteiger partial charge >= 0.3 is 11.8 Å². The summed E-state index contributed by atoms with van der Waals surface area (Å²) >= 11 is 0. The quantitative estimate of drug-likeness (QED) is 0.291. The third-order valence-corrected chi connectivity index (χ3v) is 2.53. The summed E-state index contributed by atoms with van der Waals surface area (Å²) < 4.78 is -1.46. The first-order valence-electron chi connectivity index (χ1n) is 4.64. The van der Waals surface area contributed by atoms with Gasteiger partial charge in [-0.3, -0.25) is 4.79 Å². The molecule has 1 rings (SSSR count). The van der Waals surface area contributed by atoms with Crippen molar-refractivity contribution in [2.45, 2.75) is 31.7 Å². The number of amides is 2. The number of aldehydes is 2. The fraction of sp³-hybridized carbons (Fsp3) is 0.556. The molecule has 0 radical (unpaired) electrons. The Morgan fingerprint density at radius 3 is 2.20 bits per heavy atom. The van der Waals surface area contributed by atoms with E-state index < -0.39 is 22.5 Å². The largest absolute Gasteiger partial charge is 0.354 e. The zero-order valence-corrected chi connectivity index (χ0v) is 8.09. The Labute approximate surface area is 86.0 Å². The van der Waals surface area contributed by atoms with Crippen molar-refractivity contribution < 1.29 is 29.0 Å². The molecule has 0 spiro atoms. The van der Waals surface area contributed by atoms with Crippen LogP contribution >= 0.6 is 0 Å². The average molecular weight is 214 g/mol. The zero-order chi connectivity index (χ0) is 11.5. The third kappa shape index (κ3) is 1.86. The molecule has 1 N–H and O–H groups in total. The van der Waals surface area contributed by atoms with Crippen molar-refractivity contribution in [1.82, 2.24) is 0 Å². The molecule has 82 valence electrons. The number of rotatable bonds is 5. The summed E-state index contributed by atoms with van der Waals surface area (Å²) in [5.41, 5.74) is 0. The number of hydrogen-bond donors (Lipinski definition) is 1. The Morgan fingerprint density at radius 1 is 1.27 bits per heavy atom. The van der Waals surface area contributed by atoms with Crippen LogP contribution in [0.25, 0.3) is 0 Å². The maximum atomic E-state index is 11.3. The summed E-state index contributed by atoms with van der Waals surface area (Å²) in [6, 6.07) is -1.15. The Kier molecular flexibility index (Phi) is 3.43. The highest BCUT2D eigenvalue weighted by molar-refractivity contribution is 5.92. The molecule has 1 aliphatic heterocycles. The molecule has 0 aromatic rings. The van der Waals surface area contributed by atoms with Crippen LogP contribution in [-0.2, 0) is 19.2 Å². The fourth-order valence-corrected chi connectivity index (χ4v) is 1.65. The van der Waals surface area contributed by atoms with E-state index in [1.54, 1.807) is 0 Å². The van der Waals surface area contributed by atoms with Gasteiger partial charge in [0.05, 0.1) is 12.8 Å². The van der Waals surface area contributed by atoms with Gasteiger partial charge in [0, 0.05) is 12.8 Å². The summed E-state index contributed by atoms with van der Waals surface area (Å²) in [4.78, 5) is 43.5. The van der Waals surface area contributed by atoms with Gasteiger partial charge in [0.1, 0.15) is 6.29 Å². The van der Waals surface area contributed by atoms with E-state index in [0.717, 1.165) is 0 Å². The molecule has 15 heavy (non-hydrogen) atoms. The number of carbonyl (C=O) groups is 4. The number of hydroxylamine groups is 3. The monoisotopic (exact) mass is 214 g/mol. The molecule has 1 aliphatic rings. The smallest absolute Gasteiger partial charge is 0.303 e. The molecule has 0 bridgehead atoms. The molecule has 1 fully saturated rings. The van der Waals surface area contributed by atoms with Gasteiger partial charge < -0.3 is 4.79 Å². The first-order chi connectivity index (χ1) is 7.07. The first kappa shape index (κ1) is 11.7. The number of nitrogens with zero attached hydrogens (tertiary/aromatic N) is 1. The van der Waals surface area contributed by atoms with Crippen LogP contribution < -0.4 is 0 Å². The molecule has 1 atom stereocenters. The molecule has 1 heterocycles. The van der Waals surface area contributed by atoms with Crippen molar-refractivity contribution in [2.24, 2.45) is 0 Å². The fourth-order valence-electron chi connectivity index (χ4n) is 1.65. The normalized spacial score (nSPS) is 21.4. The highest BCUT2D eigenvalue weighted by Gasteiger charge is 2.55. The summed E-state index contributed by atoms with van der Waals surface area (Å²) in [7, 11) is 0. The van der Waals surface area contributed by atoms with Gasteiger partial charge in [-0.25, -0.2) is 14.8 Å². The summed E-state index contributed by atoms with van der Waals surface area (Å²) in [6.45, 7) is 0. The van der Waals surface area contributed by atoms with Gasteiger partial charge in [-0.05, 0) is 4.65 Å². The molecular weight excluding hydrogens is 202 g/mol. The van der Waals surface area contributed by atoms with Gasteiger partial charge in [-0.15, -0.1) is 0 Å². The van der Waals surface area contributed by atoms with Crippen molar-refractivity contribution in [3.8, 4) is 0 Å². The molecular formula is C9H12NO5+. The van der Waals surface area contributed by atoms with E-state index in [1.807, 2.05) is 0 Å². The van der Waals surface area contributed by atoms with Crippen LogP contribution in [-0.4, -0.2) is 40.3 Å². The first-order valence-corrected chi connectivity index (χ1v) is 4.64. The average Bonchev–Trinajstić information content (AvgIpc) is 2.48. The lowest BCUT2D eigenvalue weighted by molar-refractivity contribution is -0.983. The lowest BCUT2D eigenvalue weighted by Crippen LogP contribution is -2.57. The second-order valence-electron chi connectivity index (χ2n) is 3.42. The van der Waals surface area contributed by atoms with Crippen LogP contribution in [0, 0.1) is 0 Å². The van der Waals surface area contributed by atoms with E-state index in [2.05, 4.69) is 0 Å². The molecule has 2 amide bonds. The standard InChI is InChI=1S/C9H12NO5/c11-5-1-2-7(6-12)10(15)8(13)3-4-9(10)14/h5-7,15H,1-4H2/q+1. The van der Waals surface area contributed by atoms with Crippen molar-refractivity contribution in [1.29, 1.82) is 0 Å². The SMILES string of the molecule is O=CCCC(C=O)[N+]1(O)C(=O)CCC1=O. The maximum absolute atomic E-state index is 11.3.